The quantitative estimate of drug-likeness (QED) is 0.503. The van der Waals surface area contributed by atoms with Crippen LogP contribution in [0.2, 0.25) is 0 Å². The second kappa shape index (κ2) is 10.8. The number of benzene rings is 1. The Hall–Kier alpha value is -2.86. The number of aromatic nitrogens is 2. The molecule has 40 heavy (non-hydrogen) atoms. The third-order valence-corrected chi connectivity index (χ3v) is 9.03. The van der Waals surface area contributed by atoms with Gasteiger partial charge in [-0.1, -0.05) is 0 Å². The van der Waals surface area contributed by atoms with Gasteiger partial charge >= 0.3 is 12.3 Å². The number of cyclic esters (lactones) is 1. The van der Waals surface area contributed by atoms with E-state index < -0.39 is 18.1 Å². The molecule has 3 saturated heterocycles. The van der Waals surface area contributed by atoms with Gasteiger partial charge in [-0.2, -0.15) is 13.2 Å². The van der Waals surface area contributed by atoms with Crippen molar-refractivity contribution in [2.45, 2.75) is 49.7 Å². The zero-order valence-corrected chi connectivity index (χ0v) is 22.8. The molecule has 2 aromatic rings. The van der Waals surface area contributed by atoms with Gasteiger partial charge in [0.15, 0.2) is 0 Å². The fraction of sp³-hybridized carbons (Fsp3) is 0.630. The molecular formula is C27H32ClF3N6O3. The molecule has 1 atom stereocenters. The molecule has 1 saturated carbocycles. The third kappa shape index (κ3) is 5.39. The number of ether oxygens (including phenoxy) is 1. The topological polar surface area (TPSA) is 82.1 Å². The minimum absolute atomic E-state index is 0.0599. The van der Waals surface area contributed by atoms with Crippen molar-refractivity contribution in [1.82, 2.24) is 19.8 Å². The van der Waals surface area contributed by atoms with Crippen molar-refractivity contribution >= 4 is 46.0 Å². The molecule has 13 heteroatoms. The number of carbonyl (C=O) groups excluding carboxylic acids is 2. The first-order valence-corrected chi connectivity index (χ1v) is 14.4. The second-order valence-corrected chi connectivity index (χ2v) is 11.7. The Labute approximate surface area is 235 Å². The highest BCUT2D eigenvalue weighted by atomic mass is 35.5. The summed E-state index contributed by atoms with van der Waals surface area (Å²) in [6, 6.07) is 4.90. The van der Waals surface area contributed by atoms with E-state index in [4.69, 9.17) is 16.3 Å². The Kier molecular flexibility index (Phi) is 7.41. The number of hydrogen-bond donors (Lipinski definition) is 0. The summed E-state index contributed by atoms with van der Waals surface area (Å²) in [4.78, 5) is 40.5. The summed E-state index contributed by atoms with van der Waals surface area (Å²) in [5.41, 5.74) is 0.711. The lowest BCUT2D eigenvalue weighted by Gasteiger charge is -2.39. The molecule has 4 heterocycles. The van der Waals surface area contributed by atoms with Gasteiger partial charge in [0.1, 0.15) is 12.4 Å². The molecular weight excluding hydrogens is 549 g/mol. The molecule has 0 radical (unpaired) electrons. The van der Waals surface area contributed by atoms with Crippen molar-refractivity contribution in [3.8, 4) is 0 Å². The Morgan fingerprint density at radius 3 is 2.40 bits per heavy atom. The number of nitrogens with zero attached hydrogens (tertiary/aromatic N) is 6. The number of fused-ring (bicyclic) bond motifs is 1. The minimum Gasteiger partial charge on any atom is -0.447 e. The molecule has 1 aromatic heterocycles. The highest BCUT2D eigenvalue weighted by Crippen LogP contribution is 2.36. The van der Waals surface area contributed by atoms with Crippen LogP contribution >= 0.6 is 11.6 Å². The number of hydrogen-bond acceptors (Lipinski definition) is 7. The number of anilines is 2. The summed E-state index contributed by atoms with van der Waals surface area (Å²) in [7, 11) is 0. The van der Waals surface area contributed by atoms with Gasteiger partial charge in [-0.05, 0) is 50.3 Å². The lowest BCUT2D eigenvalue weighted by atomic mass is 9.88. The zero-order chi connectivity index (χ0) is 28.0. The van der Waals surface area contributed by atoms with Crippen LogP contribution in [-0.2, 0) is 15.7 Å². The van der Waals surface area contributed by atoms with Crippen LogP contribution in [0.15, 0.2) is 18.2 Å². The molecule has 6 rings (SSSR count). The fourth-order valence-corrected chi connectivity index (χ4v) is 6.61. The van der Waals surface area contributed by atoms with E-state index in [1.807, 2.05) is 9.80 Å². The maximum absolute atomic E-state index is 13.7. The average molecular weight is 581 g/mol. The SMILES string of the molecule is O=C(C1CCC(Cl)CC1)N1CCN([C@@H]2CCN(c3nc(C(F)(F)F)nc4ccc(N5CCOC5=O)cc34)C2)CC1. The maximum Gasteiger partial charge on any atom is 0.451 e. The fourth-order valence-electron chi connectivity index (χ4n) is 6.36. The molecule has 9 nitrogen and oxygen atoms in total. The van der Waals surface area contributed by atoms with Gasteiger partial charge < -0.3 is 14.5 Å². The largest absolute Gasteiger partial charge is 0.451 e. The van der Waals surface area contributed by atoms with Gasteiger partial charge in [-0.15, -0.1) is 11.6 Å². The smallest absolute Gasteiger partial charge is 0.447 e. The molecule has 216 valence electrons. The normalized spacial score (nSPS) is 26.6. The first-order valence-electron chi connectivity index (χ1n) is 13.9. The first kappa shape index (κ1) is 27.3. The molecule has 4 aliphatic rings. The van der Waals surface area contributed by atoms with E-state index in [2.05, 4.69) is 14.9 Å². The van der Waals surface area contributed by atoms with E-state index in [-0.39, 0.29) is 41.2 Å². The van der Waals surface area contributed by atoms with Crippen molar-refractivity contribution in [3.05, 3.63) is 24.0 Å². The molecule has 1 aliphatic carbocycles. The Morgan fingerprint density at radius 1 is 0.975 bits per heavy atom. The van der Waals surface area contributed by atoms with E-state index in [0.717, 1.165) is 45.2 Å². The van der Waals surface area contributed by atoms with Crippen LogP contribution in [0.25, 0.3) is 10.9 Å². The molecule has 0 N–H and O–H groups in total. The van der Waals surface area contributed by atoms with Crippen LogP contribution in [0.4, 0.5) is 29.5 Å². The Bertz CT molecular complexity index is 1280. The van der Waals surface area contributed by atoms with E-state index in [9.17, 15) is 22.8 Å². The van der Waals surface area contributed by atoms with Crippen LogP contribution in [0.5, 0.6) is 0 Å². The summed E-state index contributed by atoms with van der Waals surface area (Å²) < 4.78 is 46.2. The van der Waals surface area contributed by atoms with Crippen LogP contribution in [0, 0.1) is 5.92 Å². The summed E-state index contributed by atoms with van der Waals surface area (Å²) in [6.07, 6.45) is -0.944. The molecule has 3 aliphatic heterocycles. The molecule has 0 bridgehead atoms. The van der Waals surface area contributed by atoms with Gasteiger partial charge in [0.25, 0.3) is 0 Å². The Balaban J connectivity index is 1.17. The molecule has 4 fully saturated rings. The third-order valence-electron chi connectivity index (χ3n) is 8.60. The van der Waals surface area contributed by atoms with Crippen molar-refractivity contribution in [2.24, 2.45) is 5.92 Å². The number of rotatable bonds is 4. The van der Waals surface area contributed by atoms with Crippen molar-refractivity contribution in [2.75, 3.05) is 62.2 Å². The van der Waals surface area contributed by atoms with Crippen LogP contribution in [0.3, 0.4) is 0 Å². The van der Waals surface area contributed by atoms with Crippen LogP contribution in [-0.4, -0.2) is 95.6 Å². The molecule has 1 aromatic carbocycles. The predicted octanol–water partition coefficient (Wildman–Crippen LogP) is 4.13. The zero-order valence-electron chi connectivity index (χ0n) is 22.1. The predicted molar refractivity (Wildman–Crippen MR) is 144 cm³/mol. The van der Waals surface area contributed by atoms with E-state index in [1.165, 1.54) is 11.0 Å². The number of amides is 2. The van der Waals surface area contributed by atoms with Crippen LogP contribution in [0.1, 0.15) is 37.9 Å². The first-order chi connectivity index (χ1) is 19.2. The number of alkyl halides is 4. The summed E-state index contributed by atoms with van der Waals surface area (Å²) in [5, 5.41) is 0.640. The second-order valence-electron chi connectivity index (χ2n) is 11.0. The minimum atomic E-state index is -4.69. The average Bonchev–Trinajstić information content (AvgIpc) is 3.61. The molecule has 0 unspecified atom stereocenters. The Morgan fingerprint density at radius 2 is 1.73 bits per heavy atom. The number of piperazine rings is 1. The highest BCUT2D eigenvalue weighted by Gasteiger charge is 2.38. The van der Waals surface area contributed by atoms with Gasteiger partial charge in [0.05, 0.1) is 12.1 Å². The number of halogens is 4. The molecule has 2 amide bonds. The van der Waals surface area contributed by atoms with Crippen molar-refractivity contribution < 1.29 is 27.5 Å². The number of carbonyl (C=O) groups is 2. The van der Waals surface area contributed by atoms with Gasteiger partial charge in [-0.3, -0.25) is 14.6 Å². The van der Waals surface area contributed by atoms with Gasteiger partial charge in [0.2, 0.25) is 11.7 Å². The van der Waals surface area contributed by atoms with E-state index >= 15 is 0 Å². The van der Waals surface area contributed by atoms with Gasteiger partial charge in [0, 0.05) is 67.7 Å². The monoisotopic (exact) mass is 580 g/mol. The van der Waals surface area contributed by atoms with E-state index in [1.54, 1.807) is 12.1 Å². The standard InChI is InChI=1S/C27H32ClF3N6O3/c28-18-3-1-17(2-4-18)24(38)35-11-9-34(10-12-35)20-7-8-36(16-20)23-21-15-19(37-13-14-40-26(37)39)5-6-22(21)32-25(33-23)27(29,30)31/h5-6,15,17-18,20H,1-4,7-14,16H2/t17?,18?,20-/m1/s1. The summed E-state index contributed by atoms with van der Waals surface area (Å²) in [5.74, 6) is -0.675. The lowest BCUT2D eigenvalue weighted by Crippen LogP contribution is -2.53. The van der Waals surface area contributed by atoms with E-state index in [0.29, 0.717) is 43.8 Å². The maximum atomic E-state index is 13.7. The lowest BCUT2D eigenvalue weighted by molar-refractivity contribution is -0.144. The van der Waals surface area contributed by atoms with Gasteiger partial charge in [-0.25, -0.2) is 14.8 Å². The van der Waals surface area contributed by atoms with Crippen molar-refractivity contribution in [1.29, 1.82) is 0 Å². The van der Waals surface area contributed by atoms with Crippen LogP contribution < -0.4 is 9.80 Å². The summed E-state index contributed by atoms with van der Waals surface area (Å²) in [6.45, 7) is 4.46. The summed E-state index contributed by atoms with van der Waals surface area (Å²) >= 11 is 6.21. The van der Waals surface area contributed by atoms with Crippen molar-refractivity contribution in [3.63, 3.8) is 0 Å². The molecule has 0 spiro atoms. The highest BCUT2D eigenvalue weighted by molar-refractivity contribution is 6.20.